The Kier molecular flexibility index (Phi) is 4.52. The van der Waals surface area contributed by atoms with Gasteiger partial charge >= 0.3 is 0 Å². The van der Waals surface area contributed by atoms with E-state index in [4.69, 9.17) is 0 Å². The average Bonchev–Trinajstić information content (AvgIpc) is 2.42. The molecule has 0 aliphatic heterocycles. The molecule has 19 heavy (non-hydrogen) atoms. The largest absolute Gasteiger partial charge is 0.326 e. The second-order valence-corrected chi connectivity index (χ2v) is 5.76. The van der Waals surface area contributed by atoms with E-state index in [1.54, 1.807) is 0 Å². The van der Waals surface area contributed by atoms with Gasteiger partial charge in [-0.05, 0) is 37.1 Å². The van der Waals surface area contributed by atoms with Crippen molar-refractivity contribution in [3.8, 4) is 0 Å². The van der Waals surface area contributed by atoms with E-state index in [1.165, 1.54) is 16.3 Å². The summed E-state index contributed by atoms with van der Waals surface area (Å²) >= 11 is 0. The van der Waals surface area contributed by atoms with Crippen molar-refractivity contribution in [3.63, 3.8) is 0 Å². The molecule has 3 heteroatoms. The van der Waals surface area contributed by atoms with Crippen molar-refractivity contribution in [1.82, 2.24) is 0 Å². The van der Waals surface area contributed by atoms with Crippen LogP contribution in [0.1, 0.15) is 11.1 Å². The van der Waals surface area contributed by atoms with Crippen molar-refractivity contribution in [2.24, 2.45) is 0 Å². The maximum absolute atomic E-state index is 11.9. The molecule has 96 valence electrons. The summed E-state index contributed by atoms with van der Waals surface area (Å²) < 4.78 is 0. The van der Waals surface area contributed by atoms with Gasteiger partial charge in [0.15, 0.2) is 0 Å². The highest BCUT2D eigenvalue weighted by molar-refractivity contribution is 6.58. The van der Waals surface area contributed by atoms with E-state index in [1.807, 2.05) is 30.3 Å². The highest BCUT2D eigenvalue weighted by atomic mass is 28.2. The minimum Gasteiger partial charge on any atom is -0.326 e. The molecule has 0 saturated heterocycles. The van der Waals surface area contributed by atoms with Crippen LogP contribution >= 0.6 is 0 Å². The Labute approximate surface area is 116 Å². The van der Waals surface area contributed by atoms with Gasteiger partial charge in [-0.2, -0.15) is 0 Å². The number of hydrogen-bond acceptors (Lipinski definition) is 1. The highest BCUT2D eigenvalue weighted by Crippen LogP contribution is 2.06. The minimum atomic E-state index is 0.0745. The summed E-state index contributed by atoms with van der Waals surface area (Å²) in [6, 6.07) is 16.4. The molecule has 0 aromatic heterocycles. The van der Waals surface area contributed by atoms with Gasteiger partial charge in [-0.1, -0.05) is 41.6 Å². The molecule has 0 unspecified atom stereocenters. The topological polar surface area (TPSA) is 29.1 Å². The first kappa shape index (κ1) is 13.6. The van der Waals surface area contributed by atoms with Crippen molar-refractivity contribution in [2.45, 2.75) is 19.9 Å². The summed E-state index contributed by atoms with van der Waals surface area (Å²) in [7, 11) is 0.520. The predicted octanol–water partition coefficient (Wildman–Crippen LogP) is 2.69. The van der Waals surface area contributed by atoms with Gasteiger partial charge < -0.3 is 5.32 Å². The van der Waals surface area contributed by atoms with E-state index in [9.17, 15) is 4.79 Å². The Morgan fingerprint density at radius 2 is 1.79 bits per heavy atom. The van der Waals surface area contributed by atoms with Crippen molar-refractivity contribution in [1.29, 1.82) is 0 Å². The second-order valence-electron chi connectivity index (χ2n) is 4.52. The molecule has 0 atom stereocenters. The summed E-state index contributed by atoms with van der Waals surface area (Å²) in [5.41, 5.74) is 3.44. The first-order valence-electron chi connectivity index (χ1n) is 6.32. The standard InChI is InChI=1S/C16H17NOSi/c1-12-7-6-10-15(13(12)2)19-11-16(18)17-14-8-4-3-5-9-14/h3-10H,11H2,1-2H3,(H,17,18). The van der Waals surface area contributed by atoms with Crippen LogP contribution in [0.5, 0.6) is 0 Å². The maximum atomic E-state index is 11.9. The molecular weight excluding hydrogens is 250 g/mol. The van der Waals surface area contributed by atoms with Crippen molar-refractivity contribution < 1.29 is 4.79 Å². The maximum Gasteiger partial charge on any atom is 0.221 e. The van der Waals surface area contributed by atoms with Crippen molar-refractivity contribution >= 4 is 26.3 Å². The molecule has 2 aromatic rings. The molecule has 0 aliphatic rings. The number of benzene rings is 2. The first-order valence-corrected chi connectivity index (χ1v) is 7.52. The Morgan fingerprint density at radius 1 is 1.05 bits per heavy atom. The van der Waals surface area contributed by atoms with Crippen molar-refractivity contribution in [3.05, 3.63) is 59.7 Å². The summed E-state index contributed by atoms with van der Waals surface area (Å²) in [5.74, 6) is 0.0745. The third kappa shape index (κ3) is 3.79. The van der Waals surface area contributed by atoms with Gasteiger partial charge in [-0.15, -0.1) is 0 Å². The van der Waals surface area contributed by atoms with Crippen LogP contribution in [0.15, 0.2) is 48.5 Å². The number of nitrogens with one attached hydrogen (secondary N) is 1. The molecule has 1 amide bonds. The number of carbonyl (C=O) groups is 1. The smallest absolute Gasteiger partial charge is 0.221 e. The van der Waals surface area contributed by atoms with Crippen LogP contribution in [0.3, 0.4) is 0 Å². The zero-order chi connectivity index (χ0) is 13.7. The Morgan fingerprint density at radius 3 is 2.53 bits per heavy atom. The Hall–Kier alpha value is -1.87. The van der Waals surface area contributed by atoms with Crippen LogP contribution in [0.25, 0.3) is 0 Å². The molecule has 1 N–H and O–H groups in total. The van der Waals surface area contributed by atoms with Gasteiger partial charge in [0.2, 0.25) is 5.91 Å². The molecule has 2 nitrogen and oxygen atoms in total. The van der Waals surface area contributed by atoms with E-state index in [0.29, 0.717) is 15.6 Å². The van der Waals surface area contributed by atoms with Crippen LogP contribution in [-0.4, -0.2) is 15.4 Å². The molecule has 2 aromatic carbocycles. The fraction of sp³-hybridized carbons (Fsp3) is 0.188. The second kappa shape index (κ2) is 6.34. The molecule has 0 saturated carbocycles. The number of para-hydroxylation sites is 1. The van der Waals surface area contributed by atoms with Crippen LogP contribution < -0.4 is 10.5 Å². The first-order chi connectivity index (χ1) is 9.16. The van der Waals surface area contributed by atoms with Crippen LogP contribution in [0, 0.1) is 13.8 Å². The van der Waals surface area contributed by atoms with Gasteiger partial charge in [0.05, 0.1) is 9.52 Å². The summed E-state index contributed by atoms with van der Waals surface area (Å²) in [4.78, 5) is 11.9. The quantitative estimate of drug-likeness (QED) is 0.848. The zero-order valence-electron chi connectivity index (χ0n) is 11.2. The molecule has 0 aliphatic carbocycles. The normalized spacial score (nSPS) is 10.2. The van der Waals surface area contributed by atoms with E-state index >= 15 is 0 Å². The van der Waals surface area contributed by atoms with Gasteiger partial charge in [0, 0.05) is 11.7 Å². The SMILES string of the molecule is Cc1cccc([Si]CC(=O)Nc2ccccc2)c1C. The number of hydrogen-bond donors (Lipinski definition) is 1. The number of carbonyl (C=O) groups excluding carboxylic acids is 1. The zero-order valence-corrected chi connectivity index (χ0v) is 12.2. The van der Waals surface area contributed by atoms with Gasteiger partial charge in [0.1, 0.15) is 0 Å². The lowest BCUT2D eigenvalue weighted by atomic mass is 10.1. The summed E-state index contributed by atoms with van der Waals surface area (Å²) in [6.45, 7) is 4.22. The summed E-state index contributed by atoms with van der Waals surface area (Å²) in [5, 5.41) is 4.19. The fourth-order valence-corrected chi connectivity index (χ4v) is 2.96. The lowest BCUT2D eigenvalue weighted by molar-refractivity contribution is -0.114. The van der Waals surface area contributed by atoms with Crippen LogP contribution in [-0.2, 0) is 4.79 Å². The highest BCUT2D eigenvalue weighted by Gasteiger charge is 2.06. The van der Waals surface area contributed by atoms with E-state index in [2.05, 4.69) is 37.4 Å². The monoisotopic (exact) mass is 267 g/mol. The molecule has 2 rings (SSSR count). The number of rotatable bonds is 4. The summed E-state index contributed by atoms with van der Waals surface area (Å²) in [6.07, 6.45) is 0. The van der Waals surface area contributed by atoms with Crippen LogP contribution in [0.2, 0.25) is 6.04 Å². The molecule has 0 bridgehead atoms. The molecule has 2 radical (unpaired) electrons. The predicted molar refractivity (Wildman–Crippen MR) is 81.2 cm³/mol. The van der Waals surface area contributed by atoms with Gasteiger partial charge in [0.25, 0.3) is 0 Å². The van der Waals surface area contributed by atoms with E-state index in [-0.39, 0.29) is 5.91 Å². The molecule has 0 spiro atoms. The van der Waals surface area contributed by atoms with Gasteiger partial charge in [-0.25, -0.2) is 0 Å². The lowest BCUT2D eigenvalue weighted by Crippen LogP contribution is -2.23. The fourth-order valence-electron chi connectivity index (χ4n) is 1.84. The van der Waals surface area contributed by atoms with Crippen molar-refractivity contribution in [2.75, 3.05) is 5.32 Å². The Bertz CT molecular complexity index is 566. The third-order valence-corrected chi connectivity index (χ3v) is 4.52. The third-order valence-electron chi connectivity index (χ3n) is 3.10. The molecule has 0 heterocycles. The van der Waals surface area contributed by atoms with Gasteiger partial charge in [-0.3, -0.25) is 4.79 Å². The Balaban J connectivity index is 1.92. The van der Waals surface area contributed by atoms with Crippen LogP contribution in [0.4, 0.5) is 5.69 Å². The number of aryl methyl sites for hydroxylation is 1. The van der Waals surface area contributed by atoms with E-state index in [0.717, 1.165) is 5.69 Å². The van der Waals surface area contributed by atoms with E-state index < -0.39 is 0 Å². The average molecular weight is 267 g/mol. The number of anilines is 1. The number of amides is 1. The minimum absolute atomic E-state index is 0.0745. The molecular formula is C16H17NOSi. The molecule has 0 fully saturated rings. The lowest BCUT2D eigenvalue weighted by Gasteiger charge is -2.08.